The number of aryl methyl sites for hydroxylation is 1. The third-order valence-electron chi connectivity index (χ3n) is 5.27. The zero-order valence-electron chi connectivity index (χ0n) is 13.7. The number of ketones is 1. The Hall–Kier alpha value is -2.49. The van der Waals surface area contributed by atoms with Crippen LogP contribution in [0.3, 0.4) is 0 Å². The maximum atomic E-state index is 13.4. The van der Waals surface area contributed by atoms with Gasteiger partial charge in [-0.1, -0.05) is 36.4 Å². The van der Waals surface area contributed by atoms with E-state index in [1.165, 1.54) is 0 Å². The summed E-state index contributed by atoms with van der Waals surface area (Å²) in [4.78, 5) is 13.4. The fourth-order valence-electron chi connectivity index (χ4n) is 3.97. The van der Waals surface area contributed by atoms with Gasteiger partial charge in [0, 0.05) is 11.5 Å². The second-order valence-corrected chi connectivity index (χ2v) is 6.51. The number of carbonyl (C=O) groups is 1. The van der Waals surface area contributed by atoms with E-state index in [1.54, 1.807) is 7.11 Å². The SMILES string of the molecule is COc1ccc([C@@H]2CN=N[C@@]23CCCc2ccccc2C3=O)cc1. The van der Waals surface area contributed by atoms with E-state index in [0.717, 1.165) is 41.7 Å². The molecule has 0 N–H and O–H groups in total. The molecule has 2 aromatic rings. The Morgan fingerprint density at radius 1 is 1.12 bits per heavy atom. The van der Waals surface area contributed by atoms with Crippen LogP contribution in [0, 0.1) is 0 Å². The minimum Gasteiger partial charge on any atom is -0.497 e. The Bertz CT molecular complexity index is 798. The number of rotatable bonds is 2. The van der Waals surface area contributed by atoms with Gasteiger partial charge in [0.2, 0.25) is 0 Å². The first-order valence-electron chi connectivity index (χ1n) is 8.40. The van der Waals surface area contributed by atoms with Crippen molar-refractivity contribution in [3.05, 3.63) is 65.2 Å². The van der Waals surface area contributed by atoms with Crippen molar-refractivity contribution in [2.75, 3.05) is 13.7 Å². The van der Waals surface area contributed by atoms with Gasteiger partial charge < -0.3 is 4.74 Å². The smallest absolute Gasteiger partial charge is 0.193 e. The van der Waals surface area contributed by atoms with E-state index in [1.807, 2.05) is 42.5 Å². The van der Waals surface area contributed by atoms with Gasteiger partial charge in [-0.3, -0.25) is 4.79 Å². The van der Waals surface area contributed by atoms with Crippen molar-refractivity contribution in [3.8, 4) is 5.75 Å². The monoisotopic (exact) mass is 320 g/mol. The van der Waals surface area contributed by atoms with Crippen LogP contribution in [0.4, 0.5) is 0 Å². The third-order valence-corrected chi connectivity index (χ3v) is 5.27. The van der Waals surface area contributed by atoms with Gasteiger partial charge in [0.25, 0.3) is 0 Å². The largest absolute Gasteiger partial charge is 0.497 e. The molecule has 1 spiro atoms. The molecule has 2 aliphatic rings. The summed E-state index contributed by atoms with van der Waals surface area (Å²) in [7, 11) is 1.66. The second kappa shape index (κ2) is 5.86. The lowest BCUT2D eigenvalue weighted by atomic mass is 9.74. The summed E-state index contributed by atoms with van der Waals surface area (Å²) in [5.41, 5.74) is 2.30. The van der Waals surface area contributed by atoms with Crippen molar-refractivity contribution in [2.45, 2.75) is 30.7 Å². The fraction of sp³-hybridized carbons (Fsp3) is 0.350. The molecule has 0 fully saturated rings. The third kappa shape index (κ3) is 2.25. The lowest BCUT2D eigenvalue weighted by Gasteiger charge is -2.29. The number of carbonyl (C=O) groups excluding carboxylic acids is 1. The van der Waals surface area contributed by atoms with Crippen LogP contribution in [0.25, 0.3) is 0 Å². The summed E-state index contributed by atoms with van der Waals surface area (Å²) >= 11 is 0. The molecule has 2 aromatic carbocycles. The van der Waals surface area contributed by atoms with Crippen LogP contribution in [-0.4, -0.2) is 25.0 Å². The Kier molecular flexibility index (Phi) is 3.68. The molecule has 0 unspecified atom stereocenters. The number of azo groups is 1. The summed E-state index contributed by atoms with van der Waals surface area (Å²) in [6, 6.07) is 15.9. The van der Waals surface area contributed by atoms with Crippen LogP contribution < -0.4 is 4.74 Å². The predicted molar refractivity (Wildman–Crippen MR) is 91.9 cm³/mol. The summed E-state index contributed by atoms with van der Waals surface area (Å²) in [5, 5.41) is 8.81. The molecular formula is C20H20N2O2. The summed E-state index contributed by atoms with van der Waals surface area (Å²) in [5.74, 6) is 0.942. The van der Waals surface area contributed by atoms with E-state index in [-0.39, 0.29) is 11.7 Å². The van der Waals surface area contributed by atoms with E-state index < -0.39 is 5.54 Å². The maximum Gasteiger partial charge on any atom is 0.193 e. The van der Waals surface area contributed by atoms with Gasteiger partial charge in [-0.2, -0.15) is 10.2 Å². The molecule has 0 amide bonds. The quantitative estimate of drug-likeness (QED) is 0.832. The van der Waals surface area contributed by atoms with E-state index in [9.17, 15) is 4.79 Å². The van der Waals surface area contributed by atoms with Crippen molar-refractivity contribution < 1.29 is 9.53 Å². The molecule has 0 radical (unpaired) electrons. The average molecular weight is 320 g/mol. The van der Waals surface area contributed by atoms with Crippen molar-refractivity contribution in [2.24, 2.45) is 10.2 Å². The molecule has 1 heterocycles. The first kappa shape index (κ1) is 15.1. The van der Waals surface area contributed by atoms with E-state index >= 15 is 0 Å². The van der Waals surface area contributed by atoms with Gasteiger partial charge >= 0.3 is 0 Å². The van der Waals surface area contributed by atoms with Crippen molar-refractivity contribution in [3.63, 3.8) is 0 Å². The molecule has 4 heteroatoms. The minimum absolute atomic E-state index is 0.00191. The molecular weight excluding hydrogens is 300 g/mol. The number of fused-ring (bicyclic) bond motifs is 1. The molecule has 122 valence electrons. The number of nitrogens with zero attached hydrogens (tertiary/aromatic N) is 2. The number of Topliss-reactive ketones (excluding diaryl/α,β-unsaturated/α-hetero) is 1. The molecule has 4 nitrogen and oxygen atoms in total. The molecule has 0 aromatic heterocycles. The summed E-state index contributed by atoms with van der Waals surface area (Å²) in [6.07, 6.45) is 2.63. The summed E-state index contributed by atoms with van der Waals surface area (Å²) < 4.78 is 5.24. The molecule has 24 heavy (non-hydrogen) atoms. The number of benzene rings is 2. The van der Waals surface area contributed by atoms with Crippen LogP contribution in [0.2, 0.25) is 0 Å². The maximum absolute atomic E-state index is 13.4. The highest BCUT2D eigenvalue weighted by atomic mass is 16.5. The molecule has 4 rings (SSSR count). The Balaban J connectivity index is 1.77. The standard InChI is InChI=1S/C20H20N2O2/c1-24-16-10-8-15(9-11-16)18-13-21-22-20(18)12-4-6-14-5-2-3-7-17(14)19(20)23/h2-3,5,7-11,18H,4,6,12-13H2,1H3/t18-,20-/m0/s1. The Morgan fingerprint density at radius 2 is 1.92 bits per heavy atom. The van der Waals surface area contributed by atoms with E-state index in [2.05, 4.69) is 16.3 Å². The van der Waals surface area contributed by atoms with Gasteiger partial charge in [-0.25, -0.2) is 0 Å². The molecule has 1 aliphatic carbocycles. The Labute approximate surface area is 141 Å². The topological polar surface area (TPSA) is 51.0 Å². The molecule has 0 saturated heterocycles. The lowest BCUT2D eigenvalue weighted by molar-refractivity contribution is 0.0870. The minimum atomic E-state index is -0.749. The van der Waals surface area contributed by atoms with Crippen LogP contribution >= 0.6 is 0 Å². The highest BCUT2D eigenvalue weighted by Crippen LogP contribution is 2.45. The molecule has 0 saturated carbocycles. The highest BCUT2D eigenvalue weighted by Gasteiger charge is 2.50. The average Bonchev–Trinajstić information content (AvgIpc) is 3.00. The van der Waals surface area contributed by atoms with Gasteiger partial charge in [0.15, 0.2) is 11.3 Å². The molecule has 1 aliphatic heterocycles. The zero-order valence-corrected chi connectivity index (χ0v) is 13.7. The predicted octanol–water partition coefficient (Wildman–Crippen LogP) is 4.20. The number of hydrogen-bond donors (Lipinski definition) is 0. The highest BCUT2D eigenvalue weighted by molar-refractivity contribution is 6.05. The van der Waals surface area contributed by atoms with Gasteiger partial charge in [0.1, 0.15) is 5.75 Å². The van der Waals surface area contributed by atoms with Crippen molar-refractivity contribution in [1.82, 2.24) is 0 Å². The first-order chi connectivity index (χ1) is 11.7. The van der Waals surface area contributed by atoms with Crippen LogP contribution in [0.15, 0.2) is 58.8 Å². The van der Waals surface area contributed by atoms with Crippen molar-refractivity contribution >= 4 is 5.78 Å². The Morgan fingerprint density at radius 3 is 2.71 bits per heavy atom. The van der Waals surface area contributed by atoms with Gasteiger partial charge in [-0.05, 0) is 42.5 Å². The number of hydrogen-bond acceptors (Lipinski definition) is 4. The first-order valence-corrected chi connectivity index (χ1v) is 8.40. The molecule has 0 bridgehead atoms. The van der Waals surface area contributed by atoms with E-state index in [0.29, 0.717) is 6.54 Å². The number of ether oxygens (including phenoxy) is 1. The zero-order chi connectivity index (χ0) is 16.6. The van der Waals surface area contributed by atoms with Crippen LogP contribution in [0.5, 0.6) is 5.75 Å². The van der Waals surface area contributed by atoms with E-state index in [4.69, 9.17) is 4.74 Å². The van der Waals surface area contributed by atoms with Crippen molar-refractivity contribution in [1.29, 1.82) is 0 Å². The van der Waals surface area contributed by atoms with Crippen LogP contribution in [0.1, 0.15) is 40.2 Å². The normalized spacial score (nSPS) is 25.5. The second-order valence-electron chi connectivity index (χ2n) is 6.51. The lowest BCUT2D eigenvalue weighted by Crippen LogP contribution is -2.40. The molecule has 2 atom stereocenters. The fourth-order valence-corrected chi connectivity index (χ4v) is 3.97. The summed E-state index contributed by atoms with van der Waals surface area (Å²) in [6.45, 7) is 0.570. The number of methoxy groups -OCH3 is 1. The van der Waals surface area contributed by atoms with Crippen LogP contribution in [-0.2, 0) is 6.42 Å². The van der Waals surface area contributed by atoms with Gasteiger partial charge in [-0.15, -0.1) is 0 Å². The van der Waals surface area contributed by atoms with Gasteiger partial charge in [0.05, 0.1) is 13.7 Å².